The van der Waals surface area contributed by atoms with Crippen molar-refractivity contribution in [2.75, 3.05) is 0 Å². The van der Waals surface area contributed by atoms with E-state index in [-0.39, 0.29) is 24.6 Å². The zero-order valence-electron chi connectivity index (χ0n) is 10.9. The summed E-state index contributed by atoms with van der Waals surface area (Å²) in [6.07, 6.45) is 0. The van der Waals surface area contributed by atoms with E-state index in [4.69, 9.17) is 11.0 Å². The molecule has 5 N–H and O–H groups in total. The molecular formula is C13H22ClN3. The maximum atomic E-state index is 9.04. The molecule has 1 atom stereocenters. The summed E-state index contributed by atoms with van der Waals surface area (Å²) >= 11 is 0. The molecule has 4 heteroatoms. The van der Waals surface area contributed by atoms with Gasteiger partial charge in [-0.15, -0.1) is 12.4 Å². The maximum Gasteiger partial charge on any atom is 0.0766 e. The molecule has 17 heavy (non-hydrogen) atoms. The van der Waals surface area contributed by atoms with Crippen LogP contribution in [0, 0.1) is 18.3 Å². The van der Waals surface area contributed by atoms with Crippen LogP contribution in [0.5, 0.6) is 0 Å². The Bertz CT molecular complexity index is 406. The summed E-state index contributed by atoms with van der Waals surface area (Å²) in [7, 11) is 0. The summed E-state index contributed by atoms with van der Waals surface area (Å²) in [4.78, 5) is 0. The van der Waals surface area contributed by atoms with Crippen molar-refractivity contribution >= 4 is 12.4 Å². The zero-order valence-corrected chi connectivity index (χ0v) is 11.8. The predicted molar refractivity (Wildman–Crippen MR) is 74.7 cm³/mol. The van der Waals surface area contributed by atoms with Gasteiger partial charge in [-0.2, -0.15) is 5.26 Å². The molecule has 0 heterocycles. The summed E-state index contributed by atoms with van der Waals surface area (Å²) in [6.45, 7) is 7.85. The van der Waals surface area contributed by atoms with Gasteiger partial charge in [-0.05, 0) is 44.4 Å². The molecule has 0 saturated carbocycles. The fourth-order valence-corrected chi connectivity index (χ4v) is 1.64. The summed E-state index contributed by atoms with van der Waals surface area (Å²) in [5.74, 6) is 0. The van der Waals surface area contributed by atoms with Gasteiger partial charge in [0.05, 0.1) is 11.5 Å². The molecule has 0 aliphatic heterocycles. The maximum absolute atomic E-state index is 9.04. The van der Waals surface area contributed by atoms with E-state index in [1.165, 1.54) is 0 Å². The van der Waals surface area contributed by atoms with Crippen LogP contribution in [0.4, 0.5) is 0 Å². The van der Waals surface area contributed by atoms with Gasteiger partial charge in [0.1, 0.15) is 0 Å². The Hall–Kier alpha value is -1.08. The van der Waals surface area contributed by atoms with Crippen molar-refractivity contribution < 1.29 is 0 Å². The SMILES string of the molecule is Cc1cc(C(C)(C)C#N)ccc1C(C)N.Cl.N. The van der Waals surface area contributed by atoms with Crippen LogP contribution < -0.4 is 11.9 Å². The Balaban J connectivity index is 0. The second-order valence-corrected chi connectivity index (χ2v) is 4.60. The molecule has 1 aromatic rings. The van der Waals surface area contributed by atoms with Gasteiger partial charge >= 0.3 is 0 Å². The van der Waals surface area contributed by atoms with Crippen molar-refractivity contribution in [3.8, 4) is 6.07 Å². The fraction of sp³-hybridized carbons (Fsp3) is 0.462. The highest BCUT2D eigenvalue weighted by Crippen LogP contribution is 2.25. The first kappa shape index (κ1) is 18.3. The van der Waals surface area contributed by atoms with E-state index in [1.54, 1.807) is 0 Å². The smallest absolute Gasteiger partial charge is 0.0766 e. The van der Waals surface area contributed by atoms with Gasteiger partial charge in [0.15, 0.2) is 0 Å². The van der Waals surface area contributed by atoms with Crippen LogP contribution in [-0.4, -0.2) is 0 Å². The Morgan fingerprint density at radius 3 is 2.24 bits per heavy atom. The van der Waals surface area contributed by atoms with Crippen molar-refractivity contribution in [2.24, 2.45) is 5.73 Å². The molecule has 0 saturated heterocycles. The Morgan fingerprint density at radius 2 is 1.88 bits per heavy atom. The number of nitriles is 1. The molecular weight excluding hydrogens is 234 g/mol. The highest BCUT2D eigenvalue weighted by Gasteiger charge is 2.20. The van der Waals surface area contributed by atoms with E-state index in [0.717, 1.165) is 16.7 Å². The molecule has 1 aromatic carbocycles. The summed E-state index contributed by atoms with van der Waals surface area (Å²) in [5.41, 5.74) is 8.76. The Morgan fingerprint density at radius 1 is 1.35 bits per heavy atom. The van der Waals surface area contributed by atoms with Gasteiger partial charge in [-0.25, -0.2) is 0 Å². The van der Waals surface area contributed by atoms with Crippen LogP contribution in [0.1, 0.15) is 43.5 Å². The van der Waals surface area contributed by atoms with Gasteiger partial charge in [-0.3, -0.25) is 0 Å². The predicted octanol–water partition coefficient (Wildman–Crippen LogP) is 3.40. The van der Waals surface area contributed by atoms with Crippen molar-refractivity contribution in [1.82, 2.24) is 6.15 Å². The molecule has 0 aliphatic carbocycles. The van der Waals surface area contributed by atoms with E-state index in [1.807, 2.05) is 39.8 Å². The highest BCUT2D eigenvalue weighted by atomic mass is 35.5. The summed E-state index contributed by atoms with van der Waals surface area (Å²) < 4.78 is 0. The minimum atomic E-state index is -0.429. The lowest BCUT2D eigenvalue weighted by Gasteiger charge is -2.18. The average molecular weight is 256 g/mol. The Kier molecular flexibility index (Phi) is 7.11. The van der Waals surface area contributed by atoms with Crippen LogP contribution in [0.3, 0.4) is 0 Å². The number of hydrogen-bond donors (Lipinski definition) is 2. The van der Waals surface area contributed by atoms with Crippen LogP contribution >= 0.6 is 12.4 Å². The third kappa shape index (κ3) is 4.01. The lowest BCUT2D eigenvalue weighted by Crippen LogP contribution is -2.15. The summed E-state index contributed by atoms with van der Waals surface area (Å²) in [6, 6.07) is 8.42. The number of nitrogens with two attached hydrogens (primary N) is 1. The molecule has 0 radical (unpaired) electrons. The van der Waals surface area contributed by atoms with E-state index in [9.17, 15) is 0 Å². The minimum absolute atomic E-state index is 0. The number of hydrogen-bond acceptors (Lipinski definition) is 3. The first-order valence-corrected chi connectivity index (χ1v) is 5.16. The van der Waals surface area contributed by atoms with Gasteiger partial charge < -0.3 is 11.9 Å². The number of benzene rings is 1. The molecule has 3 nitrogen and oxygen atoms in total. The van der Waals surface area contributed by atoms with Gasteiger partial charge in [0.25, 0.3) is 0 Å². The van der Waals surface area contributed by atoms with Gasteiger partial charge in [0.2, 0.25) is 0 Å². The third-order valence-corrected chi connectivity index (χ3v) is 2.76. The fourth-order valence-electron chi connectivity index (χ4n) is 1.64. The van der Waals surface area contributed by atoms with Gasteiger partial charge in [0, 0.05) is 6.04 Å². The highest BCUT2D eigenvalue weighted by molar-refractivity contribution is 5.85. The third-order valence-electron chi connectivity index (χ3n) is 2.76. The molecule has 0 bridgehead atoms. The van der Waals surface area contributed by atoms with Crippen molar-refractivity contribution in [2.45, 2.75) is 39.2 Å². The number of aryl methyl sites for hydroxylation is 1. The number of rotatable bonds is 2. The summed E-state index contributed by atoms with van der Waals surface area (Å²) in [5, 5.41) is 9.04. The van der Waals surface area contributed by atoms with Crippen LogP contribution in [0.2, 0.25) is 0 Å². The van der Waals surface area contributed by atoms with E-state index >= 15 is 0 Å². The normalized spacial score (nSPS) is 11.8. The largest absolute Gasteiger partial charge is 0.344 e. The van der Waals surface area contributed by atoms with E-state index in [0.29, 0.717) is 0 Å². The first-order chi connectivity index (χ1) is 6.88. The molecule has 0 aliphatic rings. The monoisotopic (exact) mass is 255 g/mol. The molecule has 1 unspecified atom stereocenters. The van der Waals surface area contributed by atoms with Crippen molar-refractivity contribution in [3.05, 3.63) is 34.9 Å². The van der Waals surface area contributed by atoms with Crippen LogP contribution in [0.15, 0.2) is 18.2 Å². The van der Waals surface area contributed by atoms with Crippen molar-refractivity contribution in [3.63, 3.8) is 0 Å². The second-order valence-electron chi connectivity index (χ2n) is 4.60. The molecule has 0 amide bonds. The van der Waals surface area contributed by atoms with E-state index in [2.05, 4.69) is 12.1 Å². The average Bonchev–Trinajstić information content (AvgIpc) is 2.17. The second kappa shape index (κ2) is 6.61. The lowest BCUT2D eigenvalue weighted by molar-refractivity contribution is 0.683. The Labute approximate surface area is 110 Å². The quantitative estimate of drug-likeness (QED) is 0.849. The number of halogens is 1. The van der Waals surface area contributed by atoms with Crippen molar-refractivity contribution in [1.29, 1.82) is 5.26 Å². The zero-order chi connectivity index (χ0) is 11.6. The van der Waals surface area contributed by atoms with Gasteiger partial charge in [-0.1, -0.05) is 18.2 Å². The van der Waals surface area contributed by atoms with Crippen LogP contribution in [0.25, 0.3) is 0 Å². The lowest BCUT2D eigenvalue weighted by atomic mass is 9.84. The van der Waals surface area contributed by atoms with E-state index < -0.39 is 5.41 Å². The molecule has 0 aromatic heterocycles. The molecule has 0 spiro atoms. The molecule has 1 rings (SSSR count). The topological polar surface area (TPSA) is 84.8 Å². The minimum Gasteiger partial charge on any atom is -0.344 e. The van der Waals surface area contributed by atoms with Crippen LogP contribution in [-0.2, 0) is 5.41 Å². The first-order valence-electron chi connectivity index (χ1n) is 5.16. The standard InChI is InChI=1S/C13H18N2.ClH.H3N/c1-9-7-11(13(3,4)8-14)5-6-12(9)10(2)15;;/h5-7,10H,15H2,1-4H3;1H;1H3. The number of nitrogens with zero attached hydrogens (tertiary/aromatic N) is 1. The molecule has 0 fully saturated rings. The molecule has 96 valence electrons.